The number of likely N-dealkylation sites (tertiary alicyclic amines) is 2. The number of aryl methyl sites for hydroxylation is 1. The molecule has 2 aromatic heterocycles. The summed E-state index contributed by atoms with van der Waals surface area (Å²) in [6, 6.07) is 0. The van der Waals surface area contributed by atoms with Gasteiger partial charge in [-0.2, -0.15) is 5.10 Å². The quantitative estimate of drug-likeness (QED) is 0.815. The Morgan fingerprint density at radius 3 is 2.67 bits per heavy atom. The van der Waals surface area contributed by atoms with E-state index in [-0.39, 0.29) is 11.8 Å². The van der Waals surface area contributed by atoms with Crippen LogP contribution < -0.4 is 0 Å². The van der Waals surface area contributed by atoms with Crippen LogP contribution in [0, 0.1) is 0 Å². The van der Waals surface area contributed by atoms with Gasteiger partial charge >= 0.3 is 0 Å². The molecule has 2 saturated heterocycles. The highest BCUT2D eigenvalue weighted by Crippen LogP contribution is 2.27. The van der Waals surface area contributed by atoms with E-state index < -0.39 is 0 Å². The van der Waals surface area contributed by atoms with Gasteiger partial charge in [-0.3, -0.25) is 14.4 Å². The van der Waals surface area contributed by atoms with Crippen LogP contribution in [0.25, 0.3) is 0 Å². The third kappa shape index (κ3) is 3.90. The zero-order chi connectivity index (χ0) is 18.8. The Hall–Kier alpha value is -2.22. The number of hydrogen-bond donors (Lipinski definition) is 0. The zero-order valence-electron chi connectivity index (χ0n) is 16.3. The van der Waals surface area contributed by atoms with E-state index in [9.17, 15) is 4.79 Å². The molecule has 0 bridgehead atoms. The first-order valence-electron chi connectivity index (χ1n) is 10.0. The summed E-state index contributed by atoms with van der Waals surface area (Å²) in [5, 5.41) is 13.1. The van der Waals surface area contributed by atoms with Gasteiger partial charge < -0.3 is 9.47 Å². The topological polar surface area (TPSA) is 72.1 Å². The van der Waals surface area contributed by atoms with Crippen LogP contribution in [0.5, 0.6) is 0 Å². The van der Waals surface area contributed by atoms with Crippen molar-refractivity contribution in [2.45, 2.75) is 44.6 Å². The molecule has 2 fully saturated rings. The fourth-order valence-electron chi connectivity index (χ4n) is 4.27. The lowest BCUT2D eigenvalue weighted by atomic mass is 9.96. The lowest BCUT2D eigenvalue weighted by Gasteiger charge is -2.32. The Bertz CT molecular complexity index is 790. The molecule has 4 heterocycles. The van der Waals surface area contributed by atoms with Gasteiger partial charge in [0.15, 0.2) is 0 Å². The number of nitrogens with zero attached hydrogens (tertiary/aromatic N) is 7. The largest absolute Gasteiger partial charge is 0.338 e. The van der Waals surface area contributed by atoms with Gasteiger partial charge in [0.1, 0.15) is 11.6 Å². The Morgan fingerprint density at radius 2 is 1.93 bits per heavy atom. The van der Waals surface area contributed by atoms with E-state index in [2.05, 4.69) is 31.8 Å². The van der Waals surface area contributed by atoms with Crippen molar-refractivity contribution in [2.75, 3.05) is 26.2 Å². The van der Waals surface area contributed by atoms with E-state index >= 15 is 0 Å². The van der Waals surface area contributed by atoms with Crippen LogP contribution in [0.1, 0.15) is 60.0 Å². The third-order valence-corrected chi connectivity index (χ3v) is 5.84. The van der Waals surface area contributed by atoms with Gasteiger partial charge in [-0.15, -0.1) is 10.2 Å². The molecule has 0 aliphatic carbocycles. The Balaban J connectivity index is 1.44. The minimum absolute atomic E-state index is 0.0588. The molecule has 4 rings (SSSR count). The first kappa shape index (κ1) is 18.2. The molecule has 8 heteroatoms. The molecule has 0 spiro atoms. The van der Waals surface area contributed by atoms with E-state index in [0.29, 0.717) is 12.1 Å². The van der Waals surface area contributed by atoms with Crippen LogP contribution in [0.4, 0.5) is 0 Å². The second-order valence-corrected chi connectivity index (χ2v) is 7.86. The van der Waals surface area contributed by atoms with Crippen molar-refractivity contribution in [2.24, 2.45) is 14.1 Å². The molecular formula is C19H29N7O. The first-order valence-corrected chi connectivity index (χ1v) is 10.0. The monoisotopic (exact) mass is 371 g/mol. The van der Waals surface area contributed by atoms with E-state index in [4.69, 9.17) is 0 Å². The third-order valence-electron chi connectivity index (χ3n) is 5.84. The summed E-state index contributed by atoms with van der Waals surface area (Å²) in [5.74, 6) is 2.34. The molecule has 27 heavy (non-hydrogen) atoms. The van der Waals surface area contributed by atoms with Crippen LogP contribution in [0.15, 0.2) is 12.4 Å². The van der Waals surface area contributed by atoms with Crippen molar-refractivity contribution in [3.63, 3.8) is 0 Å². The minimum Gasteiger partial charge on any atom is -0.338 e. The van der Waals surface area contributed by atoms with Crippen LogP contribution in [-0.2, 0) is 20.6 Å². The highest BCUT2D eigenvalue weighted by molar-refractivity contribution is 5.93. The lowest BCUT2D eigenvalue weighted by Crippen LogP contribution is -2.39. The molecule has 0 N–H and O–H groups in total. The van der Waals surface area contributed by atoms with Gasteiger partial charge in [-0.05, 0) is 38.8 Å². The summed E-state index contributed by atoms with van der Waals surface area (Å²) in [4.78, 5) is 17.2. The smallest absolute Gasteiger partial charge is 0.257 e. The van der Waals surface area contributed by atoms with Gasteiger partial charge in [0.2, 0.25) is 0 Å². The molecule has 0 unspecified atom stereocenters. The molecular weight excluding hydrogens is 342 g/mol. The maximum atomic E-state index is 12.8. The van der Waals surface area contributed by atoms with Gasteiger partial charge in [0.25, 0.3) is 5.91 Å². The summed E-state index contributed by atoms with van der Waals surface area (Å²) >= 11 is 0. The number of hydrogen-bond acceptors (Lipinski definition) is 5. The van der Waals surface area contributed by atoms with E-state index in [1.165, 1.54) is 19.3 Å². The molecule has 146 valence electrons. The van der Waals surface area contributed by atoms with Crippen molar-refractivity contribution >= 4 is 5.91 Å². The van der Waals surface area contributed by atoms with Crippen molar-refractivity contribution in [3.05, 3.63) is 29.6 Å². The summed E-state index contributed by atoms with van der Waals surface area (Å²) in [6.45, 7) is 4.67. The van der Waals surface area contributed by atoms with Crippen molar-refractivity contribution in [3.8, 4) is 0 Å². The van der Waals surface area contributed by atoms with Crippen molar-refractivity contribution in [1.29, 1.82) is 0 Å². The number of aromatic nitrogens is 5. The predicted octanol–water partition coefficient (Wildman–Crippen LogP) is 1.55. The second kappa shape index (κ2) is 7.80. The van der Waals surface area contributed by atoms with Crippen molar-refractivity contribution < 1.29 is 4.79 Å². The molecule has 2 aliphatic heterocycles. The number of amides is 1. The second-order valence-electron chi connectivity index (χ2n) is 7.86. The highest BCUT2D eigenvalue weighted by atomic mass is 16.2. The molecule has 1 atom stereocenters. The Labute approximate surface area is 160 Å². The van der Waals surface area contributed by atoms with E-state index in [1.54, 1.807) is 17.1 Å². The molecule has 2 aromatic rings. The summed E-state index contributed by atoms with van der Waals surface area (Å²) in [7, 11) is 3.90. The Kier molecular flexibility index (Phi) is 5.24. The maximum absolute atomic E-state index is 12.8. The molecule has 0 aromatic carbocycles. The van der Waals surface area contributed by atoms with Crippen LogP contribution in [0.3, 0.4) is 0 Å². The average molecular weight is 371 g/mol. The van der Waals surface area contributed by atoms with Crippen molar-refractivity contribution in [1.82, 2.24) is 34.3 Å². The van der Waals surface area contributed by atoms with Gasteiger partial charge in [0.05, 0.1) is 18.3 Å². The summed E-state index contributed by atoms with van der Waals surface area (Å²) in [5.41, 5.74) is 0.655. The zero-order valence-corrected chi connectivity index (χ0v) is 16.3. The van der Waals surface area contributed by atoms with Crippen LogP contribution >= 0.6 is 0 Å². The van der Waals surface area contributed by atoms with Gasteiger partial charge in [0, 0.05) is 39.3 Å². The fraction of sp³-hybridized carbons (Fsp3) is 0.684. The number of carbonyl (C=O) groups excluding carboxylic acids is 1. The molecule has 0 saturated carbocycles. The maximum Gasteiger partial charge on any atom is 0.257 e. The van der Waals surface area contributed by atoms with Crippen LogP contribution in [-0.4, -0.2) is 66.4 Å². The average Bonchev–Trinajstić information content (AvgIpc) is 3.28. The predicted molar refractivity (Wildman–Crippen MR) is 101 cm³/mol. The normalized spacial score (nSPS) is 21.6. The molecule has 1 amide bonds. The molecule has 8 nitrogen and oxygen atoms in total. The Morgan fingerprint density at radius 1 is 1.11 bits per heavy atom. The molecule has 0 radical (unpaired) electrons. The summed E-state index contributed by atoms with van der Waals surface area (Å²) < 4.78 is 3.82. The lowest BCUT2D eigenvalue weighted by molar-refractivity contribution is 0.0703. The van der Waals surface area contributed by atoms with Gasteiger partial charge in [-0.1, -0.05) is 6.42 Å². The summed E-state index contributed by atoms with van der Waals surface area (Å²) in [6.07, 6.45) is 9.36. The number of rotatable bonds is 4. The number of piperidine rings is 2. The number of carbonyl (C=O) groups is 1. The SMILES string of the molecule is Cn1cc(C(=O)N2CCC[C@H](c3nnc(CN4CCCCC4)n3C)C2)cn1. The first-order chi connectivity index (χ1) is 13.1. The van der Waals surface area contributed by atoms with E-state index in [1.807, 2.05) is 11.9 Å². The minimum atomic E-state index is 0.0588. The molecule has 2 aliphatic rings. The van der Waals surface area contributed by atoms with E-state index in [0.717, 1.165) is 50.7 Å². The standard InChI is InChI=1S/C19H29N7O/c1-23-12-16(11-20-23)19(27)26-10-6-7-15(13-26)18-22-21-17(24(18)2)14-25-8-4-3-5-9-25/h11-12,15H,3-10,13-14H2,1-2H3/t15-/m0/s1. The van der Waals surface area contributed by atoms with Gasteiger partial charge in [-0.25, -0.2) is 0 Å². The fourth-order valence-corrected chi connectivity index (χ4v) is 4.27. The van der Waals surface area contributed by atoms with Crippen LogP contribution in [0.2, 0.25) is 0 Å². The highest BCUT2D eigenvalue weighted by Gasteiger charge is 2.29.